The fourth-order valence-corrected chi connectivity index (χ4v) is 3.95. The summed E-state index contributed by atoms with van der Waals surface area (Å²) in [6, 6.07) is 13.9. The number of hydrogen-bond donors (Lipinski definition) is 0. The summed E-state index contributed by atoms with van der Waals surface area (Å²) in [5.74, 6) is 0.401. The summed E-state index contributed by atoms with van der Waals surface area (Å²) in [6.07, 6.45) is 7.17. The first-order valence-electron chi connectivity index (χ1n) is 12.3. The normalized spacial score (nSPS) is 15.5. The van der Waals surface area contributed by atoms with E-state index in [-0.39, 0.29) is 0 Å². The van der Waals surface area contributed by atoms with Crippen molar-refractivity contribution in [2.45, 2.75) is 53.6 Å². The fourth-order valence-electron chi connectivity index (χ4n) is 3.95. The molecule has 1 aliphatic rings. The molecule has 3 rings (SSSR count). The van der Waals surface area contributed by atoms with E-state index in [2.05, 4.69) is 18.2 Å². The topological polar surface area (TPSA) is 44.8 Å². The molecule has 0 saturated heterocycles. The fraction of sp³-hybridized carbons (Fsp3) is 0.323. The first-order chi connectivity index (χ1) is 17.1. The maximum Gasteiger partial charge on any atom is 0.330 e. The highest BCUT2D eigenvalue weighted by atomic mass is 19.1. The van der Waals surface area contributed by atoms with Crippen LogP contribution >= 0.6 is 0 Å². The van der Waals surface area contributed by atoms with Crippen molar-refractivity contribution in [3.8, 4) is 11.5 Å². The van der Waals surface area contributed by atoms with Crippen molar-refractivity contribution in [2.75, 3.05) is 13.2 Å². The average molecular weight is 491 g/mol. The largest absolute Gasteiger partial charge is 0.493 e. The third-order valence-corrected chi connectivity index (χ3v) is 5.67. The molecule has 1 aliphatic heterocycles. The van der Waals surface area contributed by atoms with Crippen LogP contribution in [0.3, 0.4) is 0 Å². The van der Waals surface area contributed by atoms with Crippen LogP contribution in [-0.2, 0) is 9.53 Å². The van der Waals surface area contributed by atoms with Crippen LogP contribution < -0.4 is 9.47 Å². The summed E-state index contributed by atoms with van der Waals surface area (Å²) in [6.45, 7) is 12.0. The summed E-state index contributed by atoms with van der Waals surface area (Å²) < 4.78 is 32.6. The molecule has 4 nitrogen and oxygen atoms in total. The zero-order valence-electron chi connectivity index (χ0n) is 22.0. The Morgan fingerprint density at radius 2 is 1.81 bits per heavy atom. The number of benzene rings is 2. The van der Waals surface area contributed by atoms with E-state index in [4.69, 9.17) is 14.2 Å². The molecule has 0 aliphatic carbocycles. The van der Waals surface area contributed by atoms with Crippen molar-refractivity contribution in [2.24, 2.45) is 0 Å². The maximum absolute atomic E-state index is 15.4. The molecule has 0 aromatic heterocycles. The SMILES string of the molecule is CCCOc1cc2c(cc1C(C)=C(F)C=CC(C)=CC(=O)OCC)C(c1ccccc1)=CC(C)(C)O2. The van der Waals surface area contributed by atoms with E-state index in [0.29, 0.717) is 41.4 Å². The second kappa shape index (κ2) is 11.9. The lowest BCUT2D eigenvalue weighted by Crippen LogP contribution is -2.29. The number of carbonyl (C=O) groups excluding carboxylic acids is 1. The average Bonchev–Trinajstić information content (AvgIpc) is 2.84. The highest BCUT2D eigenvalue weighted by Gasteiger charge is 2.29. The Morgan fingerprint density at radius 3 is 2.47 bits per heavy atom. The molecule has 0 amide bonds. The minimum Gasteiger partial charge on any atom is -0.493 e. The first kappa shape index (κ1) is 27.0. The summed E-state index contributed by atoms with van der Waals surface area (Å²) in [5, 5.41) is 0. The van der Waals surface area contributed by atoms with E-state index in [1.54, 1.807) is 26.8 Å². The maximum atomic E-state index is 15.4. The van der Waals surface area contributed by atoms with Gasteiger partial charge in [-0.15, -0.1) is 0 Å². The number of allylic oxidation sites excluding steroid dienone is 5. The Hall–Kier alpha value is -3.60. The molecule has 36 heavy (non-hydrogen) atoms. The molecule has 0 spiro atoms. The van der Waals surface area contributed by atoms with Gasteiger partial charge in [0.25, 0.3) is 0 Å². The number of esters is 1. The van der Waals surface area contributed by atoms with Crippen LogP contribution in [0, 0.1) is 0 Å². The summed E-state index contributed by atoms with van der Waals surface area (Å²) >= 11 is 0. The third kappa shape index (κ3) is 6.75. The molecule has 2 aromatic carbocycles. The van der Waals surface area contributed by atoms with Gasteiger partial charge >= 0.3 is 5.97 Å². The van der Waals surface area contributed by atoms with Gasteiger partial charge in [-0.3, -0.25) is 0 Å². The zero-order chi connectivity index (χ0) is 26.3. The van der Waals surface area contributed by atoms with Gasteiger partial charge in [-0.1, -0.05) is 43.3 Å². The molecule has 0 saturated carbocycles. The van der Waals surface area contributed by atoms with E-state index >= 15 is 4.39 Å². The van der Waals surface area contributed by atoms with Gasteiger partial charge < -0.3 is 14.2 Å². The Balaban J connectivity index is 2.10. The van der Waals surface area contributed by atoms with Gasteiger partial charge in [-0.2, -0.15) is 0 Å². The van der Waals surface area contributed by atoms with Gasteiger partial charge in [0.1, 0.15) is 22.9 Å². The van der Waals surface area contributed by atoms with Crippen LogP contribution in [0.5, 0.6) is 11.5 Å². The summed E-state index contributed by atoms with van der Waals surface area (Å²) in [7, 11) is 0. The summed E-state index contributed by atoms with van der Waals surface area (Å²) in [4.78, 5) is 11.7. The van der Waals surface area contributed by atoms with Crippen LogP contribution in [0.15, 0.2) is 78.2 Å². The van der Waals surface area contributed by atoms with Gasteiger partial charge in [-0.25, -0.2) is 9.18 Å². The van der Waals surface area contributed by atoms with Crippen molar-refractivity contribution in [1.82, 2.24) is 0 Å². The number of rotatable bonds is 9. The molecule has 0 radical (unpaired) electrons. The van der Waals surface area contributed by atoms with Crippen molar-refractivity contribution in [1.29, 1.82) is 0 Å². The molecular formula is C31H35FO4. The van der Waals surface area contributed by atoms with Crippen molar-refractivity contribution in [3.05, 3.63) is 94.9 Å². The highest BCUT2D eigenvalue weighted by Crippen LogP contribution is 2.44. The Labute approximate surface area is 213 Å². The number of fused-ring (bicyclic) bond motifs is 1. The van der Waals surface area contributed by atoms with Gasteiger partial charge in [0.2, 0.25) is 0 Å². The van der Waals surface area contributed by atoms with E-state index in [9.17, 15) is 4.79 Å². The summed E-state index contributed by atoms with van der Waals surface area (Å²) in [5.41, 5.74) is 4.14. The minimum absolute atomic E-state index is 0.291. The van der Waals surface area contributed by atoms with E-state index < -0.39 is 17.4 Å². The molecule has 190 valence electrons. The van der Waals surface area contributed by atoms with Crippen LogP contribution in [0.1, 0.15) is 64.7 Å². The van der Waals surface area contributed by atoms with Gasteiger partial charge in [0, 0.05) is 23.3 Å². The third-order valence-electron chi connectivity index (χ3n) is 5.67. The predicted molar refractivity (Wildman–Crippen MR) is 144 cm³/mol. The lowest BCUT2D eigenvalue weighted by molar-refractivity contribution is -0.137. The van der Waals surface area contributed by atoms with Crippen molar-refractivity contribution < 1.29 is 23.4 Å². The quantitative estimate of drug-likeness (QED) is 0.204. The first-order valence-corrected chi connectivity index (χ1v) is 12.3. The number of hydrogen-bond acceptors (Lipinski definition) is 4. The molecule has 0 unspecified atom stereocenters. The molecule has 0 atom stereocenters. The molecule has 0 N–H and O–H groups in total. The standard InChI is InChI=1S/C31H35FO4/c1-7-16-35-28-19-29-25(26(20-31(5,6)36-29)23-12-10-9-11-13-23)18-24(28)22(4)27(32)15-14-21(3)17-30(33)34-8-2/h9-15,17-20H,7-8,16H2,1-6H3. The van der Waals surface area contributed by atoms with Crippen molar-refractivity contribution >= 4 is 17.1 Å². The monoisotopic (exact) mass is 490 g/mol. The van der Waals surface area contributed by atoms with Crippen molar-refractivity contribution in [3.63, 3.8) is 0 Å². The zero-order valence-corrected chi connectivity index (χ0v) is 22.0. The Kier molecular flexibility index (Phi) is 8.92. The molecule has 0 fully saturated rings. The molecule has 0 bridgehead atoms. The molecule has 5 heteroatoms. The molecular weight excluding hydrogens is 455 g/mol. The highest BCUT2D eigenvalue weighted by molar-refractivity contribution is 5.88. The van der Waals surface area contributed by atoms with Gasteiger partial charge in [0.05, 0.1) is 13.2 Å². The van der Waals surface area contributed by atoms with E-state index in [1.807, 2.05) is 51.1 Å². The van der Waals surface area contributed by atoms with Crippen LogP contribution in [0.25, 0.3) is 11.1 Å². The minimum atomic E-state index is -0.511. The number of carbonyl (C=O) groups is 1. The Bertz CT molecular complexity index is 1220. The number of ether oxygens (including phenoxy) is 3. The van der Waals surface area contributed by atoms with E-state index in [0.717, 1.165) is 23.1 Å². The van der Waals surface area contributed by atoms with Crippen LogP contribution in [0.4, 0.5) is 4.39 Å². The second-order valence-electron chi connectivity index (χ2n) is 9.27. The lowest BCUT2D eigenvalue weighted by Gasteiger charge is -2.32. The lowest BCUT2D eigenvalue weighted by atomic mass is 9.88. The second-order valence-corrected chi connectivity index (χ2v) is 9.27. The Morgan fingerprint density at radius 1 is 1.08 bits per heavy atom. The van der Waals surface area contributed by atoms with Crippen LogP contribution in [-0.4, -0.2) is 24.8 Å². The van der Waals surface area contributed by atoms with E-state index in [1.165, 1.54) is 12.2 Å². The molecule has 1 heterocycles. The van der Waals surface area contributed by atoms with Gasteiger partial charge in [0.15, 0.2) is 0 Å². The smallest absolute Gasteiger partial charge is 0.330 e. The van der Waals surface area contributed by atoms with Crippen LogP contribution in [0.2, 0.25) is 0 Å². The predicted octanol–water partition coefficient (Wildman–Crippen LogP) is 7.84. The number of halogens is 1. The van der Waals surface area contributed by atoms with Gasteiger partial charge in [-0.05, 0) is 81.5 Å². The molecule has 2 aromatic rings.